The molecule has 0 unspecified atom stereocenters. The predicted molar refractivity (Wildman–Crippen MR) is 240 cm³/mol. The second-order valence-corrected chi connectivity index (χ2v) is 16.0. The molecule has 1 heterocycles. The normalized spacial score (nSPS) is 16.3. The van der Waals surface area contributed by atoms with Crippen molar-refractivity contribution in [2.24, 2.45) is 28.1 Å². The molecule has 0 aromatic heterocycles. The van der Waals surface area contributed by atoms with Crippen molar-refractivity contribution in [3.05, 3.63) is 29.8 Å². The van der Waals surface area contributed by atoms with Crippen LogP contribution < -0.4 is 54.4 Å². The van der Waals surface area contributed by atoms with Gasteiger partial charge in [-0.1, -0.05) is 32.4 Å². The molecule has 1 aromatic rings. The molecule has 27 heteroatoms. The molecule has 372 valence electrons. The summed E-state index contributed by atoms with van der Waals surface area (Å²) < 4.78 is 0. The molecule has 0 spiro atoms. The molecule has 0 aliphatic carbocycles. The van der Waals surface area contributed by atoms with Crippen LogP contribution in [-0.2, 0) is 54.4 Å². The molecule has 0 bridgehead atoms. The second-order valence-electron chi connectivity index (χ2n) is 15.6. The highest BCUT2D eigenvalue weighted by atomic mass is 32.1. The first kappa shape index (κ1) is 56.4. The van der Waals surface area contributed by atoms with Crippen LogP contribution >= 0.6 is 12.6 Å². The van der Waals surface area contributed by atoms with Gasteiger partial charge in [0.15, 0.2) is 5.96 Å². The number of guanidine groups is 1. The van der Waals surface area contributed by atoms with Crippen molar-refractivity contribution in [1.29, 1.82) is 0 Å². The average molecular weight is 967 g/mol. The summed E-state index contributed by atoms with van der Waals surface area (Å²) in [5.41, 5.74) is 16.6. The number of carbonyl (C=O) groups excluding carboxylic acids is 8. The number of amides is 8. The molecule has 26 nitrogen and oxygen atoms in total. The summed E-state index contributed by atoms with van der Waals surface area (Å²) in [6.07, 6.45) is -0.0676. The fraction of sp³-hybridized carbons (Fsp3) is 0.575. The highest BCUT2D eigenvalue weighted by Crippen LogP contribution is 2.20. The summed E-state index contributed by atoms with van der Waals surface area (Å²) in [5.74, 6) is -10.8. The van der Waals surface area contributed by atoms with Crippen LogP contribution in [0.1, 0.15) is 57.9 Å². The van der Waals surface area contributed by atoms with Crippen LogP contribution in [0.4, 0.5) is 0 Å². The van der Waals surface area contributed by atoms with Crippen LogP contribution in [0.3, 0.4) is 0 Å². The summed E-state index contributed by atoms with van der Waals surface area (Å²) in [6, 6.07) is -3.90. The topological polar surface area (TPSA) is 429 Å². The number of nitrogens with one attached hydrogen (secondary N) is 7. The van der Waals surface area contributed by atoms with E-state index in [0.29, 0.717) is 18.4 Å². The molecule has 2 rings (SSSR count). The van der Waals surface area contributed by atoms with Crippen LogP contribution in [0.25, 0.3) is 0 Å². The molecule has 8 atom stereocenters. The first-order valence-electron chi connectivity index (χ1n) is 21.2. The van der Waals surface area contributed by atoms with Crippen molar-refractivity contribution in [2.45, 2.75) is 101 Å². The van der Waals surface area contributed by atoms with Crippen molar-refractivity contribution in [1.82, 2.24) is 42.1 Å². The summed E-state index contributed by atoms with van der Waals surface area (Å²) in [4.78, 5) is 134. The maximum absolute atomic E-state index is 13.9. The van der Waals surface area contributed by atoms with Gasteiger partial charge < -0.3 is 79.7 Å². The Labute approximate surface area is 390 Å². The van der Waals surface area contributed by atoms with Gasteiger partial charge >= 0.3 is 11.9 Å². The Hall–Kier alpha value is -6.74. The zero-order chi connectivity index (χ0) is 50.4. The number of nitrogens with zero attached hydrogens (tertiary/aromatic N) is 2. The fourth-order valence-electron chi connectivity index (χ4n) is 6.55. The Morgan fingerprint density at radius 2 is 1.42 bits per heavy atom. The van der Waals surface area contributed by atoms with E-state index in [1.165, 1.54) is 24.3 Å². The number of aliphatic hydroxyl groups excluding tert-OH is 1. The highest BCUT2D eigenvalue weighted by molar-refractivity contribution is 7.80. The number of likely N-dealkylation sites (tertiary alicyclic amines) is 1. The first-order valence-corrected chi connectivity index (χ1v) is 21.9. The third-order valence-corrected chi connectivity index (χ3v) is 10.8. The Balaban J connectivity index is 2.15. The number of thiol groups is 1. The third-order valence-electron chi connectivity index (χ3n) is 10.4. The maximum atomic E-state index is 13.9. The van der Waals surface area contributed by atoms with Gasteiger partial charge in [-0.2, -0.15) is 12.6 Å². The number of aliphatic imine (C=N–C) groups is 1. The number of aliphatic hydroxyl groups is 1. The molecule has 1 aliphatic heterocycles. The number of carboxylic acid groups (broad SMARTS) is 2. The molecule has 67 heavy (non-hydrogen) atoms. The summed E-state index contributed by atoms with van der Waals surface area (Å²) in [7, 11) is 0. The van der Waals surface area contributed by atoms with E-state index in [1.54, 1.807) is 13.8 Å². The molecule has 17 N–H and O–H groups in total. The fourth-order valence-corrected chi connectivity index (χ4v) is 6.72. The van der Waals surface area contributed by atoms with Crippen LogP contribution in [-0.4, -0.2) is 171 Å². The van der Waals surface area contributed by atoms with E-state index < -0.39 is 134 Å². The number of nitrogens with two attached hydrogens (primary N) is 3. The maximum Gasteiger partial charge on any atom is 0.326 e. The Bertz CT molecular complexity index is 1950. The van der Waals surface area contributed by atoms with Gasteiger partial charge in [0.1, 0.15) is 42.0 Å². The first-order chi connectivity index (χ1) is 31.6. The number of phenols is 1. The molecule has 0 saturated carbocycles. The minimum absolute atomic E-state index is 0.0396. The minimum atomic E-state index is -1.61. The SMILES string of the molecule is CC[C@@H](C)[C@H](NC(=O)[C@@H](Cc1ccc(O)cc1)NC(=O)CNC(=O)[C@@H]1CCCN1C(=O)[C@@H](CC(=O)O)NC(=O)[C@H](N)CS)C(=O)NCC(=O)N[C@@H](CO)C(=O)N[C@@H](CCCN=C(N)N)C(=O)O. The van der Waals surface area contributed by atoms with Gasteiger partial charge in [-0.3, -0.25) is 48.1 Å². The molecule has 8 amide bonds. The molecular weight excluding hydrogens is 905 g/mol. The monoisotopic (exact) mass is 966 g/mol. The smallest absolute Gasteiger partial charge is 0.326 e. The number of benzene rings is 1. The van der Waals surface area contributed by atoms with Crippen molar-refractivity contribution < 1.29 is 68.4 Å². The number of aromatic hydroxyl groups is 1. The van der Waals surface area contributed by atoms with Crippen LogP contribution in [0.15, 0.2) is 29.3 Å². The largest absolute Gasteiger partial charge is 0.508 e. The van der Waals surface area contributed by atoms with Crippen molar-refractivity contribution in [2.75, 3.05) is 38.5 Å². The van der Waals surface area contributed by atoms with Crippen molar-refractivity contribution >= 4 is 77.8 Å². The minimum Gasteiger partial charge on any atom is -0.508 e. The standard InChI is InChI=1S/C40H62N12O14S/c1-3-20(2)32(37(63)46-17-30(56)48-27(18-53)35(61)49-24(39(65)66)6-4-12-44-40(42)43)51-34(60)25(14-21-8-10-22(54)11-9-21)47-29(55)16-45-36(62)28-7-5-13-52(28)38(64)26(15-31(57)58)50-33(59)23(41)19-67/h8-11,20,23-28,32,53-54,67H,3-7,12-19,41H2,1-2H3,(H,45,62)(H,46,63)(H,47,55)(H,48,56)(H,49,61)(H,50,59)(H,51,60)(H,57,58)(H,65,66)(H4,42,43,44)/t20-,23-,24+,25-,26-,27+,28+,32+/m1/s1. The van der Waals surface area contributed by atoms with Crippen molar-refractivity contribution in [3.8, 4) is 5.75 Å². The second kappa shape index (κ2) is 28.3. The lowest BCUT2D eigenvalue weighted by molar-refractivity contribution is -0.146. The zero-order valence-corrected chi connectivity index (χ0v) is 38.0. The van der Waals surface area contributed by atoms with Crippen LogP contribution in [0.5, 0.6) is 5.75 Å². The molecule has 1 fully saturated rings. The highest BCUT2D eigenvalue weighted by Gasteiger charge is 2.39. The van der Waals surface area contributed by atoms with Crippen LogP contribution in [0.2, 0.25) is 0 Å². The number of phenolic OH excluding ortho intramolecular Hbond substituents is 1. The molecular formula is C40H62N12O14S. The Morgan fingerprint density at radius 1 is 0.821 bits per heavy atom. The quantitative estimate of drug-likeness (QED) is 0.0161. The third kappa shape index (κ3) is 19.3. The lowest BCUT2D eigenvalue weighted by Crippen LogP contribution is -2.58. The molecule has 1 saturated heterocycles. The van der Waals surface area contributed by atoms with E-state index in [9.17, 15) is 68.4 Å². The van der Waals surface area contributed by atoms with E-state index in [2.05, 4.69) is 54.8 Å². The average Bonchev–Trinajstić information content (AvgIpc) is 3.78. The predicted octanol–water partition coefficient (Wildman–Crippen LogP) is -5.51. The molecule has 0 radical (unpaired) electrons. The van der Waals surface area contributed by atoms with E-state index >= 15 is 0 Å². The van der Waals surface area contributed by atoms with Gasteiger partial charge in [0.05, 0.1) is 32.2 Å². The van der Waals surface area contributed by atoms with E-state index in [-0.39, 0.29) is 56.2 Å². The van der Waals surface area contributed by atoms with Gasteiger partial charge in [0, 0.05) is 25.3 Å². The Kier molecular flexibility index (Phi) is 23.8. The van der Waals surface area contributed by atoms with E-state index in [0.717, 1.165) is 4.90 Å². The number of aliphatic carboxylic acids is 2. The van der Waals surface area contributed by atoms with Gasteiger partial charge in [-0.25, -0.2) is 4.79 Å². The number of hydrogen-bond acceptors (Lipinski definition) is 15. The number of carboxylic acids is 2. The van der Waals surface area contributed by atoms with Gasteiger partial charge in [0.25, 0.3) is 0 Å². The summed E-state index contributed by atoms with van der Waals surface area (Å²) >= 11 is 3.94. The van der Waals surface area contributed by atoms with Gasteiger partial charge in [-0.05, 0) is 49.3 Å². The zero-order valence-electron chi connectivity index (χ0n) is 37.1. The van der Waals surface area contributed by atoms with Crippen LogP contribution in [0, 0.1) is 5.92 Å². The Morgan fingerprint density at radius 3 is 1.99 bits per heavy atom. The summed E-state index contributed by atoms with van der Waals surface area (Å²) in [6.45, 7) is 1.09. The van der Waals surface area contributed by atoms with Gasteiger partial charge in [-0.15, -0.1) is 0 Å². The van der Waals surface area contributed by atoms with Crippen molar-refractivity contribution in [3.63, 3.8) is 0 Å². The van der Waals surface area contributed by atoms with E-state index in [1.807, 2.05) is 0 Å². The van der Waals surface area contributed by atoms with E-state index in [4.69, 9.17) is 17.2 Å². The van der Waals surface area contributed by atoms with Gasteiger partial charge in [0.2, 0.25) is 47.3 Å². The lowest BCUT2D eigenvalue weighted by Gasteiger charge is -2.29. The molecule has 1 aromatic carbocycles. The summed E-state index contributed by atoms with van der Waals surface area (Å²) in [5, 5.41) is 55.1. The lowest BCUT2D eigenvalue weighted by atomic mass is 9.97. The number of hydrogen-bond donors (Lipinski definition) is 15. The number of carbonyl (C=O) groups is 10. The molecule has 1 aliphatic rings. The number of rotatable bonds is 28.